The first-order chi connectivity index (χ1) is 22.8. The SMILES string of the molecule is C=C(C)c1cc(CC)c(C)cc1N=CC.CC.CN=C(/C=C(\C)CC(=O)Cc1cccc(C)c1)C(C)(C)C.Cc1ccccc1C(F)(F)F. The molecule has 0 bridgehead atoms. The van der Waals surface area contributed by atoms with Crippen LogP contribution in [0.5, 0.6) is 0 Å². The fourth-order valence-corrected chi connectivity index (χ4v) is 4.92. The van der Waals surface area contributed by atoms with Crippen molar-refractivity contribution in [3.05, 3.63) is 118 Å². The van der Waals surface area contributed by atoms with E-state index in [1.807, 2.05) is 72.0 Å². The van der Waals surface area contributed by atoms with Gasteiger partial charge in [0.15, 0.2) is 0 Å². The average Bonchev–Trinajstić information content (AvgIpc) is 3.00. The number of benzene rings is 3. The van der Waals surface area contributed by atoms with Crippen LogP contribution in [0.2, 0.25) is 0 Å². The van der Waals surface area contributed by atoms with Crippen LogP contribution in [-0.2, 0) is 23.8 Å². The summed E-state index contributed by atoms with van der Waals surface area (Å²) >= 11 is 0. The minimum absolute atomic E-state index is 0.00952. The Morgan fingerprint density at radius 3 is 1.96 bits per heavy atom. The highest BCUT2D eigenvalue weighted by Gasteiger charge is 2.31. The molecule has 0 aliphatic carbocycles. The number of hydrogen-bond acceptors (Lipinski definition) is 3. The zero-order valence-electron chi connectivity index (χ0n) is 32.2. The van der Waals surface area contributed by atoms with E-state index in [9.17, 15) is 18.0 Å². The molecular weight excluding hydrogens is 617 g/mol. The Bertz CT molecular complexity index is 1590. The Kier molecular flexibility index (Phi) is 20.0. The van der Waals surface area contributed by atoms with E-state index in [1.54, 1.807) is 13.1 Å². The fourth-order valence-electron chi connectivity index (χ4n) is 4.92. The number of halogens is 3. The Balaban J connectivity index is 0.000000721. The molecule has 3 aromatic rings. The molecule has 3 rings (SSSR count). The van der Waals surface area contributed by atoms with Gasteiger partial charge in [-0.05, 0) is 100 Å². The standard InChI is InChI=1S/C19H27NO.C14H19N.C8H7F3.C2H6/c1-14-8-7-9-16(10-14)13-17(21)11-15(2)12-18(20-6)19(3,4)5;1-6-12-9-13(10(3)4)14(15-7-2)8-11(12)5;1-6-4-2-3-5-7(6)8(9,10)11;1-2/h7-10,12H,11,13H2,1-6H3;7-9H,3,6H2,1-2,4-5H3;2-5H,1H3;1-2H3/b15-12+,20-18?;;;. The fraction of sp³-hybridized carbons (Fsp3) is 0.419. The summed E-state index contributed by atoms with van der Waals surface area (Å²) in [6.45, 7) is 28.2. The second kappa shape index (κ2) is 21.8. The van der Waals surface area contributed by atoms with Gasteiger partial charge in [0, 0.05) is 42.8 Å². The number of alkyl halides is 3. The third-order valence-corrected chi connectivity index (χ3v) is 7.37. The predicted molar refractivity (Wildman–Crippen MR) is 208 cm³/mol. The predicted octanol–water partition coefficient (Wildman–Crippen LogP) is 12.9. The van der Waals surface area contributed by atoms with Gasteiger partial charge in [0.25, 0.3) is 0 Å². The summed E-state index contributed by atoms with van der Waals surface area (Å²) in [6, 6.07) is 18.0. The minimum Gasteiger partial charge on any atom is -0.299 e. The number of nitrogens with zero attached hydrogens (tertiary/aromatic N) is 2. The molecule has 3 nitrogen and oxygen atoms in total. The number of aliphatic imine (C=N–C) groups is 2. The highest BCUT2D eigenvalue weighted by molar-refractivity contribution is 6.00. The van der Waals surface area contributed by atoms with Crippen LogP contribution < -0.4 is 0 Å². The van der Waals surface area contributed by atoms with E-state index >= 15 is 0 Å². The Labute approximate surface area is 295 Å². The lowest BCUT2D eigenvalue weighted by Gasteiger charge is -2.19. The van der Waals surface area contributed by atoms with Crippen molar-refractivity contribution in [1.29, 1.82) is 0 Å². The van der Waals surface area contributed by atoms with E-state index in [2.05, 4.69) is 69.4 Å². The van der Waals surface area contributed by atoms with Gasteiger partial charge in [0.05, 0.1) is 11.3 Å². The largest absolute Gasteiger partial charge is 0.416 e. The lowest BCUT2D eigenvalue weighted by molar-refractivity contribution is -0.138. The molecule has 0 amide bonds. The van der Waals surface area contributed by atoms with Crippen LogP contribution in [0.1, 0.15) is 108 Å². The molecule has 0 radical (unpaired) electrons. The van der Waals surface area contributed by atoms with Crippen molar-refractivity contribution in [2.75, 3.05) is 7.05 Å². The molecule has 3 aromatic carbocycles. The van der Waals surface area contributed by atoms with E-state index in [0.717, 1.165) is 46.2 Å². The zero-order valence-corrected chi connectivity index (χ0v) is 32.2. The third kappa shape index (κ3) is 16.7. The highest BCUT2D eigenvalue weighted by Crippen LogP contribution is 2.31. The number of carbonyl (C=O) groups excluding carboxylic acids is 1. The van der Waals surface area contributed by atoms with Crippen LogP contribution in [0, 0.1) is 26.2 Å². The highest BCUT2D eigenvalue weighted by atomic mass is 19.4. The average molecular weight is 677 g/mol. The van der Waals surface area contributed by atoms with E-state index in [-0.39, 0.29) is 16.8 Å². The summed E-state index contributed by atoms with van der Waals surface area (Å²) in [7, 11) is 1.80. The van der Waals surface area contributed by atoms with Crippen LogP contribution in [0.15, 0.2) is 88.9 Å². The Morgan fingerprint density at radius 1 is 0.898 bits per heavy atom. The summed E-state index contributed by atoms with van der Waals surface area (Å²) in [5.74, 6) is 0.249. The molecule has 6 heteroatoms. The summed E-state index contributed by atoms with van der Waals surface area (Å²) in [4.78, 5) is 20.9. The van der Waals surface area contributed by atoms with Crippen molar-refractivity contribution in [1.82, 2.24) is 0 Å². The lowest BCUT2D eigenvalue weighted by Crippen LogP contribution is -2.18. The van der Waals surface area contributed by atoms with E-state index < -0.39 is 11.7 Å². The minimum atomic E-state index is -4.22. The second-order valence-electron chi connectivity index (χ2n) is 12.9. The number of rotatable bonds is 8. The number of aryl methyl sites for hydroxylation is 4. The van der Waals surface area contributed by atoms with Crippen molar-refractivity contribution < 1.29 is 18.0 Å². The molecular formula is C43H59F3N2O. The van der Waals surface area contributed by atoms with Crippen LogP contribution in [0.4, 0.5) is 18.9 Å². The first-order valence-corrected chi connectivity index (χ1v) is 17.0. The summed E-state index contributed by atoms with van der Waals surface area (Å²) in [6.07, 6.45) is 1.71. The van der Waals surface area contributed by atoms with Crippen LogP contribution in [-0.4, -0.2) is 24.8 Å². The van der Waals surface area contributed by atoms with Gasteiger partial charge in [-0.1, -0.05) is 102 Å². The van der Waals surface area contributed by atoms with E-state index in [1.165, 1.54) is 35.7 Å². The molecule has 0 fully saturated rings. The van der Waals surface area contributed by atoms with Gasteiger partial charge in [-0.25, -0.2) is 0 Å². The molecule has 268 valence electrons. The van der Waals surface area contributed by atoms with Gasteiger partial charge in [-0.2, -0.15) is 13.2 Å². The molecule has 49 heavy (non-hydrogen) atoms. The molecule has 0 aromatic heterocycles. The van der Waals surface area contributed by atoms with E-state index in [0.29, 0.717) is 12.8 Å². The molecule has 0 spiro atoms. The van der Waals surface area contributed by atoms with E-state index in [4.69, 9.17) is 0 Å². The van der Waals surface area contributed by atoms with Gasteiger partial charge in [0.2, 0.25) is 0 Å². The van der Waals surface area contributed by atoms with Gasteiger partial charge >= 0.3 is 6.18 Å². The number of hydrogen-bond donors (Lipinski definition) is 0. The molecule has 0 N–H and O–H groups in total. The van der Waals surface area contributed by atoms with Crippen molar-refractivity contribution in [3.8, 4) is 0 Å². The normalized spacial score (nSPS) is 11.8. The quantitative estimate of drug-likeness (QED) is 0.219. The number of allylic oxidation sites excluding steroid dienone is 3. The number of Topliss-reactive ketones (excluding diaryl/α,β-unsaturated/α-hetero) is 1. The van der Waals surface area contributed by atoms with Crippen LogP contribution in [0.3, 0.4) is 0 Å². The molecule has 0 heterocycles. The van der Waals surface area contributed by atoms with Gasteiger partial charge < -0.3 is 0 Å². The smallest absolute Gasteiger partial charge is 0.299 e. The van der Waals surface area contributed by atoms with Gasteiger partial charge in [0.1, 0.15) is 5.78 Å². The maximum atomic E-state index is 12.2. The zero-order chi connectivity index (χ0) is 37.9. The maximum absolute atomic E-state index is 12.2. The van der Waals surface area contributed by atoms with Crippen molar-refractivity contribution in [2.45, 2.75) is 109 Å². The van der Waals surface area contributed by atoms with Crippen molar-refractivity contribution >= 4 is 29.0 Å². The maximum Gasteiger partial charge on any atom is 0.416 e. The lowest BCUT2D eigenvalue weighted by atomic mass is 9.88. The molecule has 0 aliphatic rings. The summed E-state index contributed by atoms with van der Waals surface area (Å²) in [5, 5.41) is 0. The van der Waals surface area contributed by atoms with Gasteiger partial charge in [-0.15, -0.1) is 0 Å². The first-order valence-electron chi connectivity index (χ1n) is 17.0. The molecule has 0 aliphatic heterocycles. The van der Waals surface area contributed by atoms with Crippen LogP contribution in [0.25, 0.3) is 5.57 Å². The van der Waals surface area contributed by atoms with Crippen molar-refractivity contribution in [2.24, 2.45) is 15.4 Å². The van der Waals surface area contributed by atoms with Crippen molar-refractivity contribution in [3.63, 3.8) is 0 Å². The second-order valence-corrected chi connectivity index (χ2v) is 12.9. The molecule has 0 saturated carbocycles. The Morgan fingerprint density at radius 2 is 1.51 bits per heavy atom. The van der Waals surface area contributed by atoms with Crippen LogP contribution >= 0.6 is 0 Å². The number of ketones is 1. The summed E-state index contributed by atoms with van der Waals surface area (Å²) < 4.78 is 36.1. The monoisotopic (exact) mass is 676 g/mol. The first kappa shape index (κ1) is 44.9. The topological polar surface area (TPSA) is 41.8 Å². The van der Waals surface area contributed by atoms with Gasteiger partial charge in [-0.3, -0.25) is 14.8 Å². The molecule has 0 unspecified atom stereocenters. The molecule has 0 atom stereocenters. The number of carbonyl (C=O) groups is 1. The third-order valence-electron chi connectivity index (χ3n) is 7.37. The summed E-state index contributed by atoms with van der Waals surface area (Å²) in [5.41, 5.74) is 10.1. The Hall–Kier alpha value is -4.06. The molecule has 0 saturated heterocycles.